The molecule has 0 fully saturated rings. The molecule has 0 radical (unpaired) electrons. The molecule has 0 aliphatic rings. The summed E-state index contributed by atoms with van der Waals surface area (Å²) in [5.41, 5.74) is 2.02. The van der Waals surface area contributed by atoms with Crippen molar-refractivity contribution in [2.45, 2.75) is 17.8 Å². The normalized spacial score (nSPS) is 11.9. The highest BCUT2D eigenvalue weighted by Crippen LogP contribution is 2.32. The second kappa shape index (κ2) is 10.5. The molecule has 4 rings (SSSR count). The number of sulfonamides is 1. The molecule has 0 saturated carbocycles. The fraction of sp³-hybridized carbons (Fsp3) is 0.167. The molecular formula is C24H21BrF3N5O3S. The fourth-order valence-electron chi connectivity index (χ4n) is 3.46. The lowest BCUT2D eigenvalue weighted by Crippen LogP contribution is -2.25. The van der Waals surface area contributed by atoms with Gasteiger partial charge in [0, 0.05) is 36.2 Å². The quantitative estimate of drug-likeness (QED) is 0.274. The lowest BCUT2D eigenvalue weighted by atomic mass is 10.2. The molecular weight excluding hydrogens is 575 g/mol. The number of ether oxygens (including phenoxy) is 1. The van der Waals surface area contributed by atoms with E-state index < -0.39 is 27.0 Å². The summed E-state index contributed by atoms with van der Waals surface area (Å²) >= 11 is 3.02. The topological polar surface area (TPSA) is 96.5 Å². The summed E-state index contributed by atoms with van der Waals surface area (Å²) in [7, 11) is -0.527. The van der Waals surface area contributed by atoms with Gasteiger partial charge in [-0.2, -0.15) is 4.98 Å². The van der Waals surface area contributed by atoms with Crippen molar-refractivity contribution in [3.63, 3.8) is 0 Å². The smallest absolute Gasteiger partial charge is 0.404 e. The number of fused-ring (bicyclic) bond motifs is 1. The van der Waals surface area contributed by atoms with Gasteiger partial charge in [-0.3, -0.25) is 0 Å². The highest BCUT2D eigenvalue weighted by atomic mass is 79.9. The molecule has 0 aliphatic carbocycles. The van der Waals surface area contributed by atoms with Crippen LogP contribution in [-0.2, 0) is 16.6 Å². The Morgan fingerprint density at radius 3 is 2.38 bits per heavy atom. The van der Waals surface area contributed by atoms with Crippen molar-refractivity contribution in [2.24, 2.45) is 0 Å². The van der Waals surface area contributed by atoms with Crippen LogP contribution in [0, 0.1) is 0 Å². The molecule has 0 bridgehead atoms. The van der Waals surface area contributed by atoms with Crippen LogP contribution in [0.2, 0.25) is 0 Å². The monoisotopic (exact) mass is 595 g/mol. The molecule has 0 unspecified atom stereocenters. The first-order valence-electron chi connectivity index (χ1n) is 10.8. The molecule has 37 heavy (non-hydrogen) atoms. The Hall–Kier alpha value is -3.42. The first kappa shape index (κ1) is 26.6. The van der Waals surface area contributed by atoms with E-state index in [1.54, 1.807) is 24.3 Å². The number of benzene rings is 3. The van der Waals surface area contributed by atoms with Crippen molar-refractivity contribution in [1.29, 1.82) is 0 Å². The fourth-order valence-corrected chi connectivity index (χ4v) is 4.92. The van der Waals surface area contributed by atoms with Crippen molar-refractivity contribution in [3.8, 4) is 5.75 Å². The average molecular weight is 596 g/mol. The van der Waals surface area contributed by atoms with E-state index in [0.29, 0.717) is 17.2 Å². The van der Waals surface area contributed by atoms with E-state index in [1.807, 2.05) is 43.3 Å². The average Bonchev–Trinajstić information content (AvgIpc) is 2.82. The number of halogens is 4. The maximum atomic E-state index is 12.8. The lowest BCUT2D eigenvalue weighted by molar-refractivity contribution is -0.275. The van der Waals surface area contributed by atoms with Crippen LogP contribution in [0.4, 0.5) is 30.6 Å². The maximum Gasteiger partial charge on any atom is 0.573 e. The summed E-state index contributed by atoms with van der Waals surface area (Å²) in [5.74, 6) is 0.311. The number of nitrogens with one attached hydrogen (secondary N) is 2. The van der Waals surface area contributed by atoms with E-state index in [0.717, 1.165) is 28.9 Å². The van der Waals surface area contributed by atoms with Gasteiger partial charge in [0.2, 0.25) is 16.0 Å². The lowest BCUT2D eigenvalue weighted by Gasteiger charge is -2.16. The highest BCUT2D eigenvalue weighted by Gasteiger charge is 2.34. The van der Waals surface area contributed by atoms with Gasteiger partial charge in [0.05, 0.1) is 5.52 Å². The van der Waals surface area contributed by atoms with Crippen molar-refractivity contribution >= 4 is 54.3 Å². The summed E-state index contributed by atoms with van der Waals surface area (Å²) < 4.78 is 70.1. The minimum Gasteiger partial charge on any atom is -0.404 e. The molecule has 0 saturated heterocycles. The Kier molecular flexibility index (Phi) is 7.57. The van der Waals surface area contributed by atoms with Crippen LogP contribution in [-0.4, -0.2) is 38.8 Å². The third-order valence-electron chi connectivity index (χ3n) is 5.10. The van der Waals surface area contributed by atoms with Gasteiger partial charge in [-0.25, -0.2) is 18.1 Å². The minimum atomic E-state index is -5.05. The molecule has 0 amide bonds. The molecule has 0 spiro atoms. The predicted molar refractivity (Wildman–Crippen MR) is 138 cm³/mol. The van der Waals surface area contributed by atoms with Crippen molar-refractivity contribution in [1.82, 2.24) is 14.7 Å². The summed E-state index contributed by atoms with van der Waals surface area (Å²) in [6.07, 6.45) is -5.05. The zero-order chi connectivity index (χ0) is 26.8. The van der Waals surface area contributed by atoms with Crippen molar-refractivity contribution in [3.05, 3.63) is 76.8 Å². The number of nitrogens with zero attached hydrogens (tertiary/aromatic N) is 3. The van der Waals surface area contributed by atoms with E-state index >= 15 is 0 Å². The van der Waals surface area contributed by atoms with E-state index in [2.05, 4.69) is 40.7 Å². The number of anilines is 3. The summed E-state index contributed by atoms with van der Waals surface area (Å²) in [4.78, 5) is 10.4. The van der Waals surface area contributed by atoms with Crippen molar-refractivity contribution in [2.75, 3.05) is 24.3 Å². The summed E-state index contributed by atoms with van der Waals surface area (Å²) in [6.45, 7) is -0.151. The minimum absolute atomic E-state index is 0.151. The Morgan fingerprint density at radius 1 is 1.00 bits per heavy atom. The number of aromatic nitrogens is 2. The first-order valence-corrected chi connectivity index (χ1v) is 13.0. The van der Waals surface area contributed by atoms with Gasteiger partial charge < -0.3 is 15.0 Å². The standard InChI is InChI=1S/C24H21BrF3N5O3S/c1-33(2)22-18-5-3-4-6-19(18)31-23(32-22)30-17-10-7-15(8-11-17)14-29-37(34,35)21-12-9-16(25)13-20(21)36-24(26,27)28/h3-13,29H,14H2,1-2H3,(H,30,31,32). The Morgan fingerprint density at radius 2 is 1.70 bits per heavy atom. The second-order valence-electron chi connectivity index (χ2n) is 8.07. The van der Waals surface area contributed by atoms with Crippen LogP contribution in [0.25, 0.3) is 10.9 Å². The number of hydrogen-bond acceptors (Lipinski definition) is 7. The first-order chi connectivity index (χ1) is 17.4. The molecule has 13 heteroatoms. The molecule has 194 valence electrons. The molecule has 1 heterocycles. The molecule has 8 nitrogen and oxygen atoms in total. The number of para-hydroxylation sites is 1. The van der Waals surface area contributed by atoms with Gasteiger partial charge >= 0.3 is 6.36 Å². The number of rotatable bonds is 8. The van der Waals surface area contributed by atoms with Crippen LogP contribution < -0.4 is 19.7 Å². The predicted octanol–water partition coefficient (Wildman–Crippen LogP) is 5.58. The molecule has 2 N–H and O–H groups in total. The largest absolute Gasteiger partial charge is 0.573 e. The number of hydrogen-bond donors (Lipinski definition) is 2. The van der Waals surface area contributed by atoms with Crippen LogP contribution in [0.15, 0.2) is 76.1 Å². The van der Waals surface area contributed by atoms with E-state index in [9.17, 15) is 21.6 Å². The summed E-state index contributed by atoms with van der Waals surface area (Å²) in [6, 6.07) is 17.7. The molecule has 4 aromatic rings. The van der Waals surface area contributed by atoms with E-state index in [4.69, 9.17) is 0 Å². The Labute approximate surface area is 219 Å². The SMILES string of the molecule is CN(C)c1nc(Nc2ccc(CNS(=O)(=O)c3ccc(Br)cc3OC(F)(F)F)cc2)nc2ccccc12. The van der Waals surface area contributed by atoms with Gasteiger partial charge in [-0.05, 0) is 48.0 Å². The van der Waals surface area contributed by atoms with Gasteiger partial charge in [-0.15, -0.1) is 13.2 Å². The third-order valence-corrected chi connectivity index (χ3v) is 7.04. The van der Waals surface area contributed by atoms with Gasteiger partial charge in [-0.1, -0.05) is 40.2 Å². The van der Waals surface area contributed by atoms with Gasteiger partial charge in [0.25, 0.3) is 0 Å². The van der Waals surface area contributed by atoms with Crippen molar-refractivity contribution < 1.29 is 26.3 Å². The van der Waals surface area contributed by atoms with Crippen LogP contribution in [0.1, 0.15) is 5.56 Å². The maximum absolute atomic E-state index is 12.8. The van der Waals surface area contributed by atoms with Crippen LogP contribution >= 0.6 is 15.9 Å². The molecule has 0 atom stereocenters. The number of alkyl halides is 3. The van der Waals surface area contributed by atoms with E-state index in [1.165, 1.54) is 6.07 Å². The Bertz CT molecular complexity index is 1530. The zero-order valence-electron chi connectivity index (χ0n) is 19.5. The molecule has 0 aliphatic heterocycles. The van der Waals surface area contributed by atoms with Gasteiger partial charge in [0.1, 0.15) is 10.7 Å². The Balaban J connectivity index is 1.48. The molecule has 1 aromatic heterocycles. The van der Waals surface area contributed by atoms with Crippen LogP contribution in [0.5, 0.6) is 5.75 Å². The zero-order valence-corrected chi connectivity index (χ0v) is 21.9. The van der Waals surface area contributed by atoms with E-state index in [-0.39, 0.29) is 11.0 Å². The highest BCUT2D eigenvalue weighted by molar-refractivity contribution is 9.10. The summed E-state index contributed by atoms with van der Waals surface area (Å²) in [5, 5.41) is 4.05. The van der Waals surface area contributed by atoms with Crippen LogP contribution in [0.3, 0.4) is 0 Å². The van der Waals surface area contributed by atoms with Gasteiger partial charge in [0.15, 0.2) is 5.75 Å². The third kappa shape index (κ3) is 6.67. The second-order valence-corrected chi connectivity index (χ2v) is 10.7. The molecule has 3 aromatic carbocycles.